The quantitative estimate of drug-likeness (QED) is 0.528. The third-order valence-corrected chi connectivity index (χ3v) is 3.18. The van der Waals surface area contributed by atoms with Crippen molar-refractivity contribution >= 4 is 44.3 Å². The molecule has 1 heterocycles. The van der Waals surface area contributed by atoms with Gasteiger partial charge in [0, 0.05) is 0 Å². The molecule has 13 heavy (non-hydrogen) atoms. The Morgan fingerprint density at radius 3 is 2.92 bits per heavy atom. The molecule has 1 aromatic carbocycles. The molecule has 0 saturated carbocycles. The standard InChI is InChI=1S/C8H3BrFIO2/c9-8-6(12)3-1-2-4(11)5(10)7(3)13-8/h1-2,8H. The van der Waals surface area contributed by atoms with E-state index >= 15 is 0 Å². The average Bonchev–Trinajstić information content (AvgIpc) is 2.38. The highest BCUT2D eigenvalue weighted by molar-refractivity contribution is 14.1. The number of halogens is 3. The molecule has 0 amide bonds. The van der Waals surface area contributed by atoms with E-state index in [9.17, 15) is 9.18 Å². The van der Waals surface area contributed by atoms with Gasteiger partial charge >= 0.3 is 0 Å². The first-order chi connectivity index (χ1) is 6.11. The zero-order chi connectivity index (χ0) is 9.59. The minimum Gasteiger partial charge on any atom is -0.467 e. The van der Waals surface area contributed by atoms with E-state index in [1.165, 1.54) is 0 Å². The Kier molecular flexibility index (Phi) is 2.31. The highest BCUT2D eigenvalue weighted by Crippen LogP contribution is 2.35. The first-order valence-electron chi connectivity index (χ1n) is 3.44. The van der Waals surface area contributed by atoms with Crippen molar-refractivity contribution < 1.29 is 13.9 Å². The van der Waals surface area contributed by atoms with Crippen LogP contribution in [-0.4, -0.2) is 10.8 Å². The lowest BCUT2D eigenvalue weighted by atomic mass is 10.1. The van der Waals surface area contributed by atoms with E-state index in [4.69, 9.17) is 4.74 Å². The Balaban J connectivity index is 2.64. The molecule has 0 aliphatic carbocycles. The molecule has 2 nitrogen and oxygen atoms in total. The number of rotatable bonds is 0. The predicted molar refractivity (Wildman–Crippen MR) is 56.8 cm³/mol. The van der Waals surface area contributed by atoms with E-state index < -0.39 is 10.8 Å². The second-order valence-corrected chi connectivity index (χ2v) is 4.53. The summed E-state index contributed by atoms with van der Waals surface area (Å²) in [6.07, 6.45) is 0. The van der Waals surface area contributed by atoms with Crippen molar-refractivity contribution in [3.05, 3.63) is 27.1 Å². The number of carbonyl (C=O) groups is 1. The van der Waals surface area contributed by atoms with Crippen LogP contribution in [-0.2, 0) is 0 Å². The van der Waals surface area contributed by atoms with E-state index in [1.807, 2.05) is 22.6 Å². The van der Waals surface area contributed by atoms with Crippen LogP contribution < -0.4 is 4.74 Å². The maximum Gasteiger partial charge on any atom is 0.218 e. The molecule has 0 radical (unpaired) electrons. The molecule has 0 aromatic heterocycles. The fraction of sp³-hybridized carbons (Fsp3) is 0.125. The van der Waals surface area contributed by atoms with Crippen molar-refractivity contribution in [2.45, 2.75) is 5.01 Å². The summed E-state index contributed by atoms with van der Waals surface area (Å²) in [5.41, 5.74) is 0.305. The Bertz CT molecular complexity index is 394. The normalized spacial score (nSPS) is 19.9. The lowest BCUT2D eigenvalue weighted by Gasteiger charge is -2.01. The highest BCUT2D eigenvalue weighted by Gasteiger charge is 2.33. The number of hydrogen-bond acceptors (Lipinski definition) is 2. The number of ketones is 1. The van der Waals surface area contributed by atoms with Gasteiger partial charge in [0.15, 0.2) is 11.6 Å². The summed E-state index contributed by atoms with van der Waals surface area (Å²) in [5.74, 6) is -0.641. The fourth-order valence-electron chi connectivity index (χ4n) is 1.12. The average molecular weight is 357 g/mol. The molecule has 1 atom stereocenters. The lowest BCUT2D eigenvalue weighted by molar-refractivity contribution is 0.0941. The van der Waals surface area contributed by atoms with Crippen molar-refractivity contribution in [1.29, 1.82) is 0 Å². The predicted octanol–water partition coefficient (Wildman–Crippen LogP) is 2.73. The Labute approximate surface area is 95.7 Å². The second kappa shape index (κ2) is 3.20. The summed E-state index contributed by atoms with van der Waals surface area (Å²) in [5, 5.41) is -0.741. The number of benzene rings is 1. The molecule has 1 unspecified atom stereocenters. The molecule has 1 aliphatic rings. The van der Waals surface area contributed by atoms with Gasteiger partial charge < -0.3 is 4.74 Å². The van der Waals surface area contributed by atoms with E-state index in [0.717, 1.165) is 0 Å². The number of fused-ring (bicyclic) bond motifs is 1. The molecule has 5 heteroatoms. The molecule has 0 fully saturated rings. The van der Waals surface area contributed by atoms with Gasteiger partial charge in [0.2, 0.25) is 10.8 Å². The van der Waals surface area contributed by atoms with Gasteiger partial charge in [-0.3, -0.25) is 4.79 Å². The molecule has 0 saturated heterocycles. The van der Waals surface area contributed by atoms with Crippen molar-refractivity contribution in [2.24, 2.45) is 0 Å². The maximum atomic E-state index is 13.3. The topological polar surface area (TPSA) is 26.3 Å². The minimum absolute atomic E-state index is 0.0544. The lowest BCUT2D eigenvalue weighted by Crippen LogP contribution is -2.10. The molecule has 68 valence electrons. The Morgan fingerprint density at radius 1 is 1.54 bits per heavy atom. The molecular formula is C8H3BrFIO2. The van der Waals surface area contributed by atoms with Gasteiger partial charge in [-0.2, -0.15) is 0 Å². The van der Waals surface area contributed by atoms with E-state index in [2.05, 4.69) is 15.9 Å². The van der Waals surface area contributed by atoms with Gasteiger partial charge in [0.25, 0.3) is 0 Å². The summed E-state index contributed by atoms with van der Waals surface area (Å²) in [6, 6.07) is 3.13. The highest BCUT2D eigenvalue weighted by atomic mass is 127. The summed E-state index contributed by atoms with van der Waals surface area (Å²) in [7, 11) is 0. The first-order valence-corrected chi connectivity index (χ1v) is 5.43. The monoisotopic (exact) mass is 356 g/mol. The molecule has 2 rings (SSSR count). The minimum atomic E-state index is -0.741. The van der Waals surface area contributed by atoms with E-state index in [-0.39, 0.29) is 11.5 Å². The van der Waals surface area contributed by atoms with Crippen LogP contribution in [0.15, 0.2) is 12.1 Å². The van der Waals surface area contributed by atoms with Crippen LogP contribution in [0.5, 0.6) is 5.75 Å². The smallest absolute Gasteiger partial charge is 0.218 e. The van der Waals surface area contributed by atoms with Crippen molar-refractivity contribution in [3.8, 4) is 5.75 Å². The summed E-state index contributed by atoms with van der Waals surface area (Å²) >= 11 is 4.85. The molecule has 0 bridgehead atoms. The number of carbonyl (C=O) groups excluding carboxylic acids is 1. The van der Waals surface area contributed by atoms with Crippen LogP contribution in [0.25, 0.3) is 0 Å². The zero-order valence-corrected chi connectivity index (χ0v) is 9.93. The van der Waals surface area contributed by atoms with Gasteiger partial charge in [-0.15, -0.1) is 0 Å². The van der Waals surface area contributed by atoms with Crippen LogP contribution in [0, 0.1) is 9.39 Å². The Hall–Kier alpha value is -0.170. The van der Waals surface area contributed by atoms with Crippen LogP contribution in [0.4, 0.5) is 4.39 Å². The van der Waals surface area contributed by atoms with Gasteiger partial charge in [0.05, 0.1) is 9.13 Å². The maximum absolute atomic E-state index is 13.3. The number of ether oxygens (including phenoxy) is 1. The van der Waals surface area contributed by atoms with Crippen LogP contribution >= 0.6 is 38.5 Å². The summed E-state index contributed by atoms with van der Waals surface area (Å²) < 4.78 is 18.8. The fourth-order valence-corrected chi connectivity index (χ4v) is 1.98. The molecule has 1 aromatic rings. The number of hydrogen-bond donors (Lipinski definition) is 0. The summed E-state index contributed by atoms with van der Waals surface area (Å²) in [6.45, 7) is 0. The third kappa shape index (κ3) is 1.38. The van der Waals surface area contributed by atoms with E-state index in [0.29, 0.717) is 9.13 Å². The SMILES string of the molecule is O=C1c2ccc(I)c(F)c2OC1Br. The van der Waals surface area contributed by atoms with Crippen LogP contribution in [0.1, 0.15) is 10.4 Å². The molecule has 0 spiro atoms. The zero-order valence-electron chi connectivity index (χ0n) is 6.18. The van der Waals surface area contributed by atoms with Crippen molar-refractivity contribution in [3.63, 3.8) is 0 Å². The third-order valence-electron chi connectivity index (χ3n) is 1.74. The van der Waals surface area contributed by atoms with Gasteiger partial charge in [-0.1, -0.05) is 0 Å². The first kappa shape index (κ1) is 9.39. The number of Topliss-reactive ketones (excluding diaryl/α,β-unsaturated/α-hetero) is 1. The largest absolute Gasteiger partial charge is 0.467 e. The second-order valence-electron chi connectivity index (χ2n) is 2.54. The molecular weight excluding hydrogens is 354 g/mol. The number of alkyl halides is 1. The van der Waals surface area contributed by atoms with Gasteiger partial charge in [-0.05, 0) is 50.7 Å². The van der Waals surface area contributed by atoms with Gasteiger partial charge in [-0.25, -0.2) is 4.39 Å². The van der Waals surface area contributed by atoms with Crippen molar-refractivity contribution in [1.82, 2.24) is 0 Å². The molecule has 0 N–H and O–H groups in total. The van der Waals surface area contributed by atoms with Crippen LogP contribution in [0.2, 0.25) is 0 Å². The summed E-state index contributed by atoms with van der Waals surface area (Å²) in [4.78, 5) is 11.3. The Morgan fingerprint density at radius 2 is 2.23 bits per heavy atom. The van der Waals surface area contributed by atoms with E-state index in [1.54, 1.807) is 12.1 Å². The van der Waals surface area contributed by atoms with Gasteiger partial charge in [0.1, 0.15) is 0 Å². The molecule has 1 aliphatic heterocycles. The van der Waals surface area contributed by atoms with Crippen LogP contribution in [0.3, 0.4) is 0 Å². The van der Waals surface area contributed by atoms with Crippen molar-refractivity contribution in [2.75, 3.05) is 0 Å².